The van der Waals surface area contributed by atoms with E-state index in [4.69, 9.17) is 0 Å². The number of nitrogens with zero attached hydrogens (tertiary/aromatic N) is 3. The number of carbonyl (C=O) groups excluding carboxylic acids is 1. The van der Waals surface area contributed by atoms with Crippen molar-refractivity contribution in [3.05, 3.63) is 0 Å². The maximum atomic E-state index is 9.91. The first-order valence-electron chi connectivity index (χ1n) is 5.51. The lowest BCUT2D eigenvalue weighted by Crippen LogP contribution is -2.40. The molecule has 0 heterocycles. The predicted molar refractivity (Wildman–Crippen MR) is 69.0 cm³/mol. The van der Waals surface area contributed by atoms with Crippen molar-refractivity contribution in [3.8, 4) is 0 Å². The Morgan fingerprint density at radius 1 is 1.00 bits per heavy atom. The standard InChI is InChI=1S/C7H18N3.C5H10O2/c1-8(2)7(9(3)4)10(5)6;1-5(2,3)4(6)7/h1-6H3;1-3H3,(H,6,7)/q+1;/p-1. The van der Waals surface area contributed by atoms with Gasteiger partial charge in [-0.2, -0.15) is 0 Å². The number of carbonyl (C=O) groups is 1. The molecule has 0 aliphatic carbocycles. The quantitative estimate of drug-likeness (QED) is 0.329. The molecular formula is C12H27N3O2. The van der Waals surface area contributed by atoms with Gasteiger partial charge in [0, 0.05) is 11.4 Å². The van der Waals surface area contributed by atoms with Crippen molar-refractivity contribution in [2.75, 3.05) is 42.3 Å². The Kier molecular flexibility index (Phi) is 7.61. The van der Waals surface area contributed by atoms with Crippen molar-refractivity contribution in [1.29, 1.82) is 0 Å². The van der Waals surface area contributed by atoms with Crippen LogP contribution >= 0.6 is 0 Å². The highest BCUT2D eigenvalue weighted by atomic mass is 16.4. The van der Waals surface area contributed by atoms with Crippen LogP contribution in [0.1, 0.15) is 20.8 Å². The van der Waals surface area contributed by atoms with Gasteiger partial charge in [-0.05, 0) is 0 Å². The Bertz CT molecular complexity index is 262. The molecule has 0 fully saturated rings. The fraction of sp³-hybridized carbons (Fsp3) is 0.833. The number of carboxylic acids is 1. The summed E-state index contributed by atoms with van der Waals surface area (Å²) in [6.45, 7) is 4.80. The van der Waals surface area contributed by atoms with Crippen LogP contribution in [0, 0.1) is 5.41 Å². The second-order valence-electron chi connectivity index (χ2n) is 5.52. The average molecular weight is 245 g/mol. The Labute approximate surface area is 105 Å². The molecule has 0 saturated carbocycles. The van der Waals surface area contributed by atoms with E-state index in [1.165, 1.54) is 5.96 Å². The highest BCUT2D eigenvalue weighted by Crippen LogP contribution is 2.09. The molecule has 102 valence electrons. The minimum Gasteiger partial charge on any atom is -0.550 e. The maximum Gasteiger partial charge on any atom is 0.349 e. The molecule has 0 unspecified atom stereocenters. The highest BCUT2D eigenvalue weighted by molar-refractivity contribution is 5.73. The van der Waals surface area contributed by atoms with Gasteiger partial charge in [-0.3, -0.25) is 14.4 Å². The summed E-state index contributed by atoms with van der Waals surface area (Å²) >= 11 is 0. The van der Waals surface area contributed by atoms with Crippen molar-refractivity contribution in [2.24, 2.45) is 5.41 Å². The molecule has 0 aliphatic heterocycles. The third-order valence-electron chi connectivity index (χ3n) is 1.81. The van der Waals surface area contributed by atoms with Crippen LogP contribution in [0.2, 0.25) is 0 Å². The van der Waals surface area contributed by atoms with E-state index in [1.54, 1.807) is 20.8 Å². The summed E-state index contributed by atoms with van der Waals surface area (Å²) in [7, 11) is 12.2. The minimum atomic E-state index is -1.01. The monoisotopic (exact) mass is 245 g/mol. The Morgan fingerprint density at radius 3 is 1.24 bits per heavy atom. The van der Waals surface area contributed by atoms with Crippen LogP contribution in [-0.2, 0) is 4.79 Å². The molecule has 0 atom stereocenters. The maximum absolute atomic E-state index is 9.91. The van der Waals surface area contributed by atoms with Gasteiger partial charge in [0.1, 0.15) is 0 Å². The molecule has 17 heavy (non-hydrogen) atoms. The summed E-state index contributed by atoms with van der Waals surface area (Å²) in [6.07, 6.45) is 0. The molecule has 0 aliphatic rings. The van der Waals surface area contributed by atoms with Gasteiger partial charge in [-0.15, -0.1) is 0 Å². The van der Waals surface area contributed by atoms with E-state index in [2.05, 4.69) is 14.4 Å². The summed E-state index contributed by atoms with van der Waals surface area (Å²) in [5, 5.41) is 9.91. The smallest absolute Gasteiger partial charge is 0.349 e. The molecule has 0 amide bonds. The van der Waals surface area contributed by atoms with E-state index in [0.29, 0.717) is 0 Å². The fourth-order valence-electron chi connectivity index (χ4n) is 1.20. The Morgan fingerprint density at radius 2 is 1.24 bits per heavy atom. The van der Waals surface area contributed by atoms with Crippen LogP contribution in [0.5, 0.6) is 0 Å². The second kappa shape index (κ2) is 7.14. The van der Waals surface area contributed by atoms with Gasteiger partial charge in [0.2, 0.25) is 0 Å². The zero-order valence-electron chi connectivity index (χ0n) is 12.7. The first-order valence-corrected chi connectivity index (χ1v) is 5.51. The van der Waals surface area contributed by atoms with E-state index in [1.807, 2.05) is 42.3 Å². The van der Waals surface area contributed by atoms with E-state index >= 15 is 0 Å². The van der Waals surface area contributed by atoms with E-state index in [9.17, 15) is 9.90 Å². The van der Waals surface area contributed by atoms with Gasteiger partial charge in [0.25, 0.3) is 0 Å². The van der Waals surface area contributed by atoms with Crippen molar-refractivity contribution < 1.29 is 14.5 Å². The molecule has 5 heteroatoms. The van der Waals surface area contributed by atoms with Gasteiger partial charge in [-0.1, -0.05) is 20.8 Å². The molecule has 0 aromatic heterocycles. The lowest BCUT2D eigenvalue weighted by atomic mass is 9.98. The van der Waals surface area contributed by atoms with Gasteiger partial charge in [-0.25, -0.2) is 0 Å². The van der Waals surface area contributed by atoms with Gasteiger partial charge >= 0.3 is 5.96 Å². The number of hydrogen-bond acceptors (Lipinski definition) is 2. The molecule has 0 N–H and O–H groups in total. The Balaban J connectivity index is 0. The number of hydrogen-bond donors (Lipinski definition) is 0. The minimum absolute atomic E-state index is 0.694. The molecule has 0 radical (unpaired) electrons. The molecule has 0 aromatic rings. The third kappa shape index (κ3) is 8.54. The number of aliphatic carboxylic acids is 1. The van der Waals surface area contributed by atoms with Gasteiger partial charge in [0.15, 0.2) is 0 Å². The highest BCUT2D eigenvalue weighted by Gasteiger charge is 2.12. The van der Waals surface area contributed by atoms with Crippen LogP contribution in [-0.4, -0.2) is 68.6 Å². The van der Waals surface area contributed by atoms with Crippen LogP contribution in [0.3, 0.4) is 0 Å². The summed E-state index contributed by atoms with van der Waals surface area (Å²) in [5.74, 6) is 0.188. The van der Waals surface area contributed by atoms with Crippen LogP contribution in [0.25, 0.3) is 0 Å². The molecule has 5 nitrogen and oxygen atoms in total. The van der Waals surface area contributed by atoms with Crippen molar-refractivity contribution in [1.82, 2.24) is 9.80 Å². The number of guanidine groups is 1. The summed E-state index contributed by atoms with van der Waals surface area (Å²) in [4.78, 5) is 14.1. The normalized spacial score (nSPS) is 9.94. The predicted octanol–water partition coefficient (Wildman–Crippen LogP) is -0.480. The summed E-state index contributed by atoms with van der Waals surface area (Å²) < 4.78 is 2.08. The summed E-state index contributed by atoms with van der Waals surface area (Å²) in [6, 6.07) is 0. The van der Waals surface area contributed by atoms with Gasteiger partial charge in [0.05, 0.1) is 42.3 Å². The van der Waals surface area contributed by atoms with Crippen LogP contribution in [0.15, 0.2) is 0 Å². The van der Waals surface area contributed by atoms with E-state index in [-0.39, 0.29) is 0 Å². The van der Waals surface area contributed by atoms with Crippen LogP contribution < -0.4 is 5.11 Å². The van der Waals surface area contributed by atoms with E-state index < -0.39 is 11.4 Å². The topological polar surface area (TPSA) is 49.6 Å². The largest absolute Gasteiger partial charge is 0.550 e. The first kappa shape index (κ1) is 18.1. The summed E-state index contributed by atoms with van der Waals surface area (Å²) in [5.41, 5.74) is -0.694. The average Bonchev–Trinajstić information content (AvgIpc) is 1.99. The SMILES string of the molecule is CC(C)(C)C(=O)[O-].CN(C)C(N(C)C)=[N+](C)C. The lowest BCUT2D eigenvalue weighted by molar-refractivity contribution is -0.475. The second-order valence-corrected chi connectivity index (χ2v) is 5.52. The fourth-order valence-corrected chi connectivity index (χ4v) is 1.20. The van der Waals surface area contributed by atoms with Crippen molar-refractivity contribution in [2.45, 2.75) is 20.8 Å². The molecule has 0 spiro atoms. The molecule has 0 aromatic carbocycles. The Hall–Kier alpha value is -1.26. The first-order chi connectivity index (χ1) is 7.41. The molecule has 0 bridgehead atoms. The zero-order valence-corrected chi connectivity index (χ0v) is 12.7. The van der Waals surface area contributed by atoms with Crippen molar-refractivity contribution in [3.63, 3.8) is 0 Å². The number of carboxylic acid groups (broad SMARTS) is 1. The molecule has 0 rings (SSSR count). The number of rotatable bonds is 0. The third-order valence-corrected chi connectivity index (χ3v) is 1.81. The molecule has 0 saturated heterocycles. The van der Waals surface area contributed by atoms with E-state index in [0.717, 1.165) is 0 Å². The zero-order chi connectivity index (χ0) is 14.4. The lowest BCUT2D eigenvalue weighted by Gasteiger charge is -2.18. The van der Waals surface area contributed by atoms with Crippen molar-refractivity contribution >= 4 is 11.9 Å². The van der Waals surface area contributed by atoms with Gasteiger partial charge < -0.3 is 9.90 Å². The molecular weight excluding hydrogens is 218 g/mol. The van der Waals surface area contributed by atoms with Crippen LogP contribution in [0.4, 0.5) is 0 Å².